The molecule has 0 saturated carbocycles. The summed E-state index contributed by atoms with van der Waals surface area (Å²) in [4.78, 5) is 20.1. The number of aliphatic hydroxyl groups is 1. The van der Waals surface area contributed by atoms with Gasteiger partial charge in [-0.05, 0) is 25.0 Å². The van der Waals surface area contributed by atoms with Gasteiger partial charge in [0.2, 0.25) is 5.91 Å². The van der Waals surface area contributed by atoms with Crippen LogP contribution in [0.25, 0.3) is 0 Å². The van der Waals surface area contributed by atoms with E-state index in [0.29, 0.717) is 15.9 Å². The highest BCUT2D eigenvalue weighted by atomic mass is 79.9. The fourth-order valence-corrected chi connectivity index (χ4v) is 4.91. The number of rotatable bonds is 5. The Morgan fingerprint density at radius 3 is 2.53 bits per heavy atom. The topological polar surface area (TPSA) is 88.2 Å². The number of amides is 1. The highest BCUT2D eigenvalue weighted by Gasteiger charge is 2.63. The molecule has 1 saturated heterocycles. The molecule has 184 valence electrons. The van der Waals surface area contributed by atoms with E-state index in [4.69, 9.17) is 9.36 Å². The van der Waals surface area contributed by atoms with Crippen molar-refractivity contribution in [2.75, 3.05) is 6.54 Å². The van der Waals surface area contributed by atoms with Crippen LogP contribution in [0.1, 0.15) is 49.6 Å². The first-order chi connectivity index (χ1) is 15.9. The molecule has 1 fully saturated rings. The molecule has 1 amide bonds. The minimum Gasteiger partial charge on any atom is -0.391 e. The number of hydrogen-bond donors (Lipinski definition) is 1. The van der Waals surface area contributed by atoms with E-state index in [-0.39, 0.29) is 36.1 Å². The van der Waals surface area contributed by atoms with Gasteiger partial charge >= 0.3 is 6.18 Å². The van der Waals surface area contributed by atoms with Crippen molar-refractivity contribution in [3.63, 3.8) is 0 Å². The van der Waals surface area contributed by atoms with Crippen molar-refractivity contribution in [3.05, 3.63) is 51.8 Å². The minimum atomic E-state index is -4.75. The number of β-amino-alcohol motifs (C(OH)–C–C–N with tert-alkyl or cyclic N) is 1. The monoisotopic (exact) mass is 543 g/mol. The number of carbonyl (C=O) groups is 1. The van der Waals surface area contributed by atoms with Gasteiger partial charge in [0.05, 0.1) is 23.6 Å². The number of alkyl halides is 3. The van der Waals surface area contributed by atoms with Gasteiger partial charge in [0.25, 0.3) is 5.60 Å². The predicted molar refractivity (Wildman–Crippen MR) is 120 cm³/mol. The number of oxime groups is 1. The molecule has 4 rings (SSSR count). The van der Waals surface area contributed by atoms with Crippen LogP contribution in [-0.4, -0.2) is 51.6 Å². The minimum absolute atomic E-state index is 0.0177. The molecule has 2 aliphatic heterocycles. The Morgan fingerprint density at radius 1 is 1.29 bits per heavy atom. The van der Waals surface area contributed by atoms with E-state index in [1.54, 1.807) is 13.0 Å². The highest BCUT2D eigenvalue weighted by molar-refractivity contribution is 9.10. The highest BCUT2D eigenvalue weighted by Crippen LogP contribution is 2.49. The summed E-state index contributed by atoms with van der Waals surface area (Å²) in [5, 5.41) is 18.0. The second-order valence-electron chi connectivity index (χ2n) is 9.17. The molecule has 1 aromatic carbocycles. The zero-order valence-corrected chi connectivity index (χ0v) is 20.4. The SMILES string of the molecule is Cc1cc(C(C(=O)N2CC(O)CC2C2=NOC(c3ccc(Br)cc3)(C(F)(F)F)C2)C(C)C)on1. The first kappa shape index (κ1) is 24.7. The molecule has 2 aromatic rings. The van der Waals surface area contributed by atoms with Gasteiger partial charge in [0.15, 0.2) is 0 Å². The quantitative estimate of drug-likeness (QED) is 0.591. The van der Waals surface area contributed by atoms with Crippen LogP contribution in [0, 0.1) is 12.8 Å². The summed E-state index contributed by atoms with van der Waals surface area (Å²) >= 11 is 3.23. The Hall–Kier alpha value is -2.40. The summed E-state index contributed by atoms with van der Waals surface area (Å²) in [5.41, 5.74) is -2.06. The number of benzene rings is 1. The van der Waals surface area contributed by atoms with Crippen molar-refractivity contribution in [2.24, 2.45) is 11.1 Å². The van der Waals surface area contributed by atoms with Crippen LogP contribution in [-0.2, 0) is 15.2 Å². The molecule has 4 unspecified atom stereocenters. The van der Waals surface area contributed by atoms with E-state index in [1.807, 2.05) is 13.8 Å². The largest absolute Gasteiger partial charge is 0.435 e. The lowest BCUT2D eigenvalue weighted by atomic mass is 9.85. The molecule has 1 aromatic heterocycles. The third kappa shape index (κ3) is 4.35. The molecular weight excluding hydrogens is 519 g/mol. The van der Waals surface area contributed by atoms with E-state index in [0.717, 1.165) is 0 Å². The lowest BCUT2D eigenvalue weighted by molar-refractivity contribution is -0.275. The summed E-state index contributed by atoms with van der Waals surface area (Å²) in [7, 11) is 0. The number of aryl methyl sites for hydroxylation is 1. The van der Waals surface area contributed by atoms with E-state index < -0.39 is 36.3 Å². The normalized spacial score (nSPS) is 26.0. The fourth-order valence-electron chi connectivity index (χ4n) is 4.64. The van der Waals surface area contributed by atoms with Gasteiger partial charge < -0.3 is 19.4 Å². The van der Waals surface area contributed by atoms with Crippen molar-refractivity contribution in [2.45, 2.75) is 63.5 Å². The number of hydrogen-bond acceptors (Lipinski definition) is 6. The molecule has 11 heteroatoms. The van der Waals surface area contributed by atoms with Gasteiger partial charge in [-0.2, -0.15) is 13.2 Å². The van der Waals surface area contributed by atoms with Crippen molar-refractivity contribution in [3.8, 4) is 0 Å². The number of carbonyl (C=O) groups excluding carboxylic acids is 1. The van der Waals surface area contributed by atoms with Crippen molar-refractivity contribution in [1.82, 2.24) is 10.1 Å². The van der Waals surface area contributed by atoms with Crippen LogP contribution in [0.2, 0.25) is 0 Å². The molecule has 0 bridgehead atoms. The molecular formula is C23H25BrF3N3O4. The van der Waals surface area contributed by atoms with Gasteiger partial charge in [0.1, 0.15) is 11.7 Å². The third-order valence-electron chi connectivity index (χ3n) is 6.35. The first-order valence-corrected chi connectivity index (χ1v) is 11.7. The summed E-state index contributed by atoms with van der Waals surface area (Å²) in [6, 6.07) is 6.53. The number of aliphatic hydroxyl groups excluding tert-OH is 1. The molecule has 2 aliphatic rings. The fraction of sp³-hybridized carbons (Fsp3) is 0.522. The third-order valence-corrected chi connectivity index (χ3v) is 6.88. The van der Waals surface area contributed by atoms with Crippen LogP contribution in [0.15, 0.2) is 44.5 Å². The Kier molecular flexibility index (Phi) is 6.54. The van der Waals surface area contributed by atoms with E-state index in [9.17, 15) is 23.1 Å². The van der Waals surface area contributed by atoms with Gasteiger partial charge in [-0.15, -0.1) is 0 Å². The summed E-state index contributed by atoms with van der Waals surface area (Å²) in [6.45, 7) is 5.41. The standard InChI is InChI=1S/C23H25BrF3N3O4/c1-12(2)20(19-8-13(3)28-33-19)21(32)30-11-16(31)9-18(30)17-10-22(34-29-17,23(25,26)27)14-4-6-15(24)7-5-14/h4-8,12,16,18,20,31H,9-11H2,1-3H3. The molecule has 0 spiro atoms. The molecule has 0 radical (unpaired) electrons. The molecule has 1 N–H and O–H groups in total. The summed E-state index contributed by atoms with van der Waals surface area (Å²) in [5.74, 6) is -0.849. The van der Waals surface area contributed by atoms with Gasteiger partial charge in [0, 0.05) is 35.5 Å². The summed E-state index contributed by atoms with van der Waals surface area (Å²) in [6.07, 6.45) is -6.15. The van der Waals surface area contributed by atoms with Crippen LogP contribution in [0.5, 0.6) is 0 Å². The van der Waals surface area contributed by atoms with Crippen LogP contribution in [0.3, 0.4) is 0 Å². The van der Waals surface area contributed by atoms with Crippen molar-refractivity contribution >= 4 is 27.5 Å². The predicted octanol–water partition coefficient (Wildman–Crippen LogP) is 4.68. The Labute approximate surface area is 203 Å². The maximum absolute atomic E-state index is 14.3. The lowest BCUT2D eigenvalue weighted by Gasteiger charge is -2.31. The second kappa shape index (κ2) is 8.99. The smallest absolute Gasteiger partial charge is 0.391 e. The van der Waals surface area contributed by atoms with Gasteiger partial charge in [-0.3, -0.25) is 4.79 Å². The number of halogens is 4. The van der Waals surface area contributed by atoms with E-state index in [2.05, 4.69) is 26.2 Å². The molecule has 4 atom stereocenters. The van der Waals surface area contributed by atoms with E-state index >= 15 is 0 Å². The molecule has 34 heavy (non-hydrogen) atoms. The lowest BCUT2D eigenvalue weighted by Crippen LogP contribution is -2.47. The van der Waals surface area contributed by atoms with Crippen LogP contribution in [0.4, 0.5) is 13.2 Å². The maximum atomic E-state index is 14.3. The molecule has 0 aliphatic carbocycles. The first-order valence-electron chi connectivity index (χ1n) is 10.9. The Morgan fingerprint density at radius 2 is 1.97 bits per heavy atom. The zero-order chi connectivity index (χ0) is 24.8. The van der Waals surface area contributed by atoms with Crippen LogP contribution >= 0.6 is 15.9 Å². The number of aromatic nitrogens is 1. The summed E-state index contributed by atoms with van der Waals surface area (Å²) < 4.78 is 48.8. The van der Waals surface area contributed by atoms with Crippen molar-refractivity contribution in [1.29, 1.82) is 0 Å². The van der Waals surface area contributed by atoms with Crippen molar-refractivity contribution < 1.29 is 32.4 Å². The Balaban J connectivity index is 1.64. The van der Waals surface area contributed by atoms with E-state index in [1.165, 1.54) is 29.2 Å². The van der Waals surface area contributed by atoms with Crippen LogP contribution < -0.4 is 0 Å². The molecule has 3 heterocycles. The number of likely N-dealkylation sites (tertiary alicyclic amines) is 1. The number of nitrogens with zero attached hydrogens (tertiary/aromatic N) is 3. The maximum Gasteiger partial charge on any atom is 0.435 e. The zero-order valence-electron chi connectivity index (χ0n) is 18.8. The second-order valence-corrected chi connectivity index (χ2v) is 10.1. The Bertz CT molecular complexity index is 1090. The van der Waals surface area contributed by atoms with Gasteiger partial charge in [-0.1, -0.05) is 52.2 Å². The van der Waals surface area contributed by atoms with Gasteiger partial charge in [-0.25, -0.2) is 0 Å². The average Bonchev–Trinajstić information content (AvgIpc) is 3.46. The average molecular weight is 544 g/mol. The molecule has 7 nitrogen and oxygen atoms in total.